The van der Waals surface area contributed by atoms with E-state index in [0.717, 1.165) is 32.2 Å². The third-order valence-electron chi connectivity index (χ3n) is 3.58. The van der Waals surface area contributed by atoms with E-state index >= 15 is 0 Å². The highest BCUT2D eigenvalue weighted by Gasteiger charge is 2.14. The number of nitrogens with one attached hydrogen (secondary N) is 1. The predicted molar refractivity (Wildman–Crippen MR) is 86.8 cm³/mol. The first kappa shape index (κ1) is 14.7. The number of benzene rings is 1. The summed E-state index contributed by atoms with van der Waals surface area (Å²) in [5.41, 5.74) is 1.18. The van der Waals surface area contributed by atoms with Crippen LogP contribution in [0.4, 0.5) is 0 Å². The van der Waals surface area contributed by atoms with Crippen molar-refractivity contribution in [2.24, 2.45) is 0 Å². The Bertz CT molecular complexity index is 543. The van der Waals surface area contributed by atoms with Crippen molar-refractivity contribution in [1.29, 1.82) is 0 Å². The lowest BCUT2D eigenvalue weighted by atomic mass is 10.0. The van der Waals surface area contributed by atoms with Crippen molar-refractivity contribution >= 4 is 10.8 Å². The van der Waals surface area contributed by atoms with Gasteiger partial charge in [-0.1, -0.05) is 37.3 Å². The lowest BCUT2D eigenvalue weighted by Crippen LogP contribution is -2.23. The maximum atomic E-state index is 4.65. The average Bonchev–Trinajstić information content (AvgIpc) is 2.50. The fourth-order valence-corrected chi connectivity index (χ4v) is 2.54. The second-order valence-corrected chi connectivity index (χ2v) is 5.14. The van der Waals surface area contributed by atoms with Gasteiger partial charge in [0.2, 0.25) is 0 Å². The van der Waals surface area contributed by atoms with Gasteiger partial charge in [0.1, 0.15) is 0 Å². The highest BCUT2D eigenvalue weighted by molar-refractivity contribution is 5.84. The van der Waals surface area contributed by atoms with E-state index in [4.69, 9.17) is 0 Å². The van der Waals surface area contributed by atoms with Crippen LogP contribution in [0.1, 0.15) is 44.3 Å². The summed E-state index contributed by atoms with van der Waals surface area (Å²) in [6.07, 6.45) is 8.37. The molecule has 0 spiro atoms. The molecule has 0 bridgehead atoms. The van der Waals surface area contributed by atoms with Gasteiger partial charge >= 0.3 is 0 Å². The molecule has 20 heavy (non-hydrogen) atoms. The molecule has 0 amide bonds. The van der Waals surface area contributed by atoms with Gasteiger partial charge < -0.3 is 5.32 Å². The average molecular weight is 268 g/mol. The monoisotopic (exact) mass is 268 g/mol. The number of unbranched alkanes of at least 4 members (excludes halogenated alkanes) is 1. The number of rotatable bonds is 8. The lowest BCUT2D eigenvalue weighted by molar-refractivity contribution is 0.479. The third-order valence-corrected chi connectivity index (χ3v) is 3.58. The van der Waals surface area contributed by atoms with E-state index in [1.807, 2.05) is 12.3 Å². The summed E-state index contributed by atoms with van der Waals surface area (Å²) in [6, 6.07) is 10.9. The molecule has 106 valence electrons. The van der Waals surface area contributed by atoms with Crippen LogP contribution in [-0.2, 0) is 0 Å². The van der Waals surface area contributed by atoms with E-state index in [0.29, 0.717) is 6.04 Å². The van der Waals surface area contributed by atoms with Crippen LogP contribution in [0.3, 0.4) is 0 Å². The largest absolute Gasteiger partial charge is 0.309 e. The maximum absolute atomic E-state index is 4.65. The molecule has 0 aliphatic rings. The zero-order valence-electron chi connectivity index (χ0n) is 12.3. The minimum atomic E-state index is 0.334. The normalized spacial score (nSPS) is 12.4. The third kappa shape index (κ3) is 3.67. The van der Waals surface area contributed by atoms with Gasteiger partial charge in [0.05, 0.1) is 11.7 Å². The Balaban J connectivity index is 2.26. The van der Waals surface area contributed by atoms with Gasteiger partial charge in [-0.2, -0.15) is 0 Å². The van der Waals surface area contributed by atoms with Crippen LogP contribution in [0.5, 0.6) is 0 Å². The van der Waals surface area contributed by atoms with E-state index in [2.05, 4.69) is 54.1 Å². The zero-order valence-corrected chi connectivity index (χ0v) is 12.3. The Morgan fingerprint density at radius 1 is 1.30 bits per heavy atom. The van der Waals surface area contributed by atoms with Crippen LogP contribution in [-0.4, -0.2) is 11.5 Å². The summed E-state index contributed by atoms with van der Waals surface area (Å²) >= 11 is 0. The molecule has 2 nitrogen and oxygen atoms in total. The second-order valence-electron chi connectivity index (χ2n) is 5.14. The topological polar surface area (TPSA) is 24.9 Å². The Morgan fingerprint density at radius 3 is 2.95 bits per heavy atom. The molecule has 0 aliphatic carbocycles. The van der Waals surface area contributed by atoms with Gasteiger partial charge in [-0.3, -0.25) is 4.98 Å². The predicted octanol–water partition coefficient (Wildman–Crippen LogP) is 4.63. The molecule has 0 saturated heterocycles. The van der Waals surface area contributed by atoms with E-state index in [9.17, 15) is 0 Å². The van der Waals surface area contributed by atoms with Crippen molar-refractivity contribution in [3.8, 4) is 0 Å². The van der Waals surface area contributed by atoms with Gasteiger partial charge in [-0.05, 0) is 43.7 Å². The van der Waals surface area contributed by atoms with Crippen LogP contribution in [0, 0.1) is 0 Å². The number of nitrogens with zero attached hydrogens (tertiary/aromatic N) is 1. The van der Waals surface area contributed by atoms with E-state index in [-0.39, 0.29) is 0 Å². The first-order valence-electron chi connectivity index (χ1n) is 7.54. The van der Waals surface area contributed by atoms with Crippen LogP contribution in [0.15, 0.2) is 49.2 Å². The molecule has 2 heteroatoms. The highest BCUT2D eigenvalue weighted by Crippen LogP contribution is 2.25. The number of aromatic nitrogens is 1. The van der Waals surface area contributed by atoms with Gasteiger partial charge in [0, 0.05) is 11.6 Å². The minimum absolute atomic E-state index is 0.334. The molecule has 1 atom stereocenters. The van der Waals surface area contributed by atoms with Crippen molar-refractivity contribution < 1.29 is 0 Å². The molecular weight excluding hydrogens is 244 g/mol. The summed E-state index contributed by atoms with van der Waals surface area (Å²) in [5, 5.41) is 6.17. The van der Waals surface area contributed by atoms with Gasteiger partial charge in [0.15, 0.2) is 0 Å². The fourth-order valence-electron chi connectivity index (χ4n) is 2.54. The standard InChI is InChI=1S/C18H24N2/c1-3-5-6-11-17(19-13-4-2)18-16-10-8-7-9-15(16)12-14-20-18/h3,7-10,12,14,17,19H,1,4-6,11,13H2,2H3. The van der Waals surface area contributed by atoms with Crippen LogP contribution >= 0.6 is 0 Å². The summed E-state index contributed by atoms with van der Waals surface area (Å²) in [6.45, 7) is 7.04. The Labute approximate surface area is 121 Å². The molecule has 0 saturated carbocycles. The second kappa shape index (κ2) is 7.81. The zero-order chi connectivity index (χ0) is 14.2. The summed E-state index contributed by atoms with van der Waals surface area (Å²) < 4.78 is 0. The minimum Gasteiger partial charge on any atom is -0.309 e. The summed E-state index contributed by atoms with van der Waals surface area (Å²) in [5.74, 6) is 0. The highest BCUT2D eigenvalue weighted by atomic mass is 14.9. The summed E-state index contributed by atoms with van der Waals surface area (Å²) in [7, 11) is 0. The van der Waals surface area contributed by atoms with E-state index in [1.165, 1.54) is 16.5 Å². The molecule has 2 aromatic rings. The molecule has 1 N–H and O–H groups in total. The molecule has 0 radical (unpaired) electrons. The molecule has 0 aliphatic heterocycles. The summed E-state index contributed by atoms with van der Waals surface area (Å²) in [4.78, 5) is 4.65. The number of hydrogen-bond acceptors (Lipinski definition) is 2. The van der Waals surface area contributed by atoms with Crippen LogP contribution < -0.4 is 5.32 Å². The van der Waals surface area contributed by atoms with Crippen molar-refractivity contribution in [3.05, 3.63) is 54.9 Å². The quantitative estimate of drug-likeness (QED) is 0.557. The van der Waals surface area contributed by atoms with E-state index in [1.54, 1.807) is 0 Å². The first-order valence-corrected chi connectivity index (χ1v) is 7.54. The smallest absolute Gasteiger partial charge is 0.0651 e. The van der Waals surface area contributed by atoms with Crippen molar-refractivity contribution in [2.45, 2.75) is 38.6 Å². The number of allylic oxidation sites excluding steroid dienone is 1. The van der Waals surface area contributed by atoms with Crippen LogP contribution in [0.25, 0.3) is 10.8 Å². The molecule has 1 unspecified atom stereocenters. The SMILES string of the molecule is C=CCCCC(NCCC)c1nccc2ccccc12. The van der Waals surface area contributed by atoms with E-state index < -0.39 is 0 Å². The van der Waals surface area contributed by atoms with Gasteiger partial charge in [0.25, 0.3) is 0 Å². The number of hydrogen-bond donors (Lipinski definition) is 1. The molecule has 1 aromatic carbocycles. The Hall–Kier alpha value is -1.67. The van der Waals surface area contributed by atoms with Crippen molar-refractivity contribution in [1.82, 2.24) is 10.3 Å². The molecule has 0 fully saturated rings. The molecule has 1 heterocycles. The molecule has 1 aromatic heterocycles. The van der Waals surface area contributed by atoms with Crippen molar-refractivity contribution in [2.75, 3.05) is 6.54 Å². The lowest BCUT2D eigenvalue weighted by Gasteiger charge is -2.19. The fraction of sp³-hybridized carbons (Fsp3) is 0.389. The maximum Gasteiger partial charge on any atom is 0.0651 e. The first-order chi connectivity index (χ1) is 9.86. The molecular formula is C18H24N2. The molecule has 2 rings (SSSR count). The number of fused-ring (bicyclic) bond motifs is 1. The van der Waals surface area contributed by atoms with Crippen molar-refractivity contribution in [3.63, 3.8) is 0 Å². The Morgan fingerprint density at radius 2 is 2.15 bits per heavy atom. The van der Waals surface area contributed by atoms with Crippen LogP contribution in [0.2, 0.25) is 0 Å². The Kier molecular flexibility index (Phi) is 5.75. The van der Waals surface area contributed by atoms with Gasteiger partial charge in [-0.15, -0.1) is 6.58 Å². The number of pyridine rings is 1. The van der Waals surface area contributed by atoms with Gasteiger partial charge in [-0.25, -0.2) is 0 Å².